The minimum Gasteiger partial charge on any atom is -0.444 e. The first kappa shape index (κ1) is 18.3. The molecule has 9 heteroatoms. The zero-order chi connectivity index (χ0) is 18.1. The van der Waals surface area contributed by atoms with Crippen LogP contribution in [-0.4, -0.2) is 40.7 Å². The van der Waals surface area contributed by atoms with Crippen molar-refractivity contribution in [2.45, 2.75) is 45.8 Å². The van der Waals surface area contributed by atoms with Crippen LogP contribution >= 0.6 is 11.6 Å². The molecule has 1 saturated heterocycles. The molecule has 1 amide bonds. The number of anilines is 1. The Morgan fingerprint density at radius 3 is 2.79 bits per heavy atom. The van der Waals surface area contributed by atoms with Gasteiger partial charge in [-0.25, -0.2) is 9.78 Å². The number of carbonyl (C=O) groups excluding carboxylic acids is 1. The van der Waals surface area contributed by atoms with E-state index >= 15 is 0 Å². The monoisotopic (exact) mass is 356 g/mol. The van der Waals surface area contributed by atoms with E-state index in [2.05, 4.69) is 10.3 Å². The van der Waals surface area contributed by atoms with Gasteiger partial charge in [-0.05, 0) is 33.8 Å². The second-order valence-corrected chi connectivity index (χ2v) is 7.17. The number of hydrogen-bond acceptors (Lipinski definition) is 6. The fraction of sp³-hybridized carbons (Fsp3) is 0.600. The van der Waals surface area contributed by atoms with Crippen LogP contribution < -0.4 is 10.2 Å². The molecule has 8 nitrogen and oxygen atoms in total. The molecule has 0 bridgehead atoms. The lowest BCUT2D eigenvalue weighted by Gasteiger charge is -2.22. The van der Waals surface area contributed by atoms with Crippen molar-refractivity contribution in [1.29, 1.82) is 0 Å². The molecule has 0 spiro atoms. The van der Waals surface area contributed by atoms with Crippen LogP contribution in [0.2, 0.25) is 5.15 Å². The molecule has 1 atom stereocenters. The van der Waals surface area contributed by atoms with Gasteiger partial charge in [0.15, 0.2) is 0 Å². The number of halogens is 1. The molecule has 1 aromatic heterocycles. The van der Waals surface area contributed by atoms with Crippen molar-refractivity contribution >= 4 is 29.1 Å². The number of nitrogens with zero attached hydrogens (tertiary/aromatic N) is 3. The van der Waals surface area contributed by atoms with Gasteiger partial charge in [-0.3, -0.25) is 10.1 Å². The Bertz CT molecular complexity index is 660. The van der Waals surface area contributed by atoms with E-state index in [0.717, 1.165) is 0 Å². The third-order valence-corrected chi connectivity index (χ3v) is 3.74. The van der Waals surface area contributed by atoms with Gasteiger partial charge in [-0.2, -0.15) is 0 Å². The molecule has 0 aromatic carbocycles. The molecule has 24 heavy (non-hydrogen) atoms. The molecule has 0 aliphatic carbocycles. The van der Waals surface area contributed by atoms with E-state index < -0.39 is 11.0 Å². The maximum Gasteiger partial charge on any atom is 0.407 e. The smallest absolute Gasteiger partial charge is 0.407 e. The zero-order valence-electron chi connectivity index (χ0n) is 14.1. The van der Waals surface area contributed by atoms with Gasteiger partial charge in [0.05, 0.1) is 11.5 Å². The number of alkyl carbamates (subject to hydrolysis) is 1. The van der Waals surface area contributed by atoms with Crippen LogP contribution in [0.1, 0.15) is 32.9 Å². The highest BCUT2D eigenvalue weighted by Gasteiger charge is 2.32. The summed E-state index contributed by atoms with van der Waals surface area (Å²) in [5.74, 6) is 0. The Balaban J connectivity index is 2.11. The SMILES string of the molecule is Cc1cc(N2CCC(OC(=O)NC(C)(C)C)C2)c([N+](=O)[O-])c(Cl)n1. The first-order valence-corrected chi connectivity index (χ1v) is 8.00. The molecule has 2 rings (SSSR count). The van der Waals surface area contributed by atoms with Crippen molar-refractivity contribution in [1.82, 2.24) is 10.3 Å². The largest absolute Gasteiger partial charge is 0.444 e. The third kappa shape index (κ3) is 4.47. The summed E-state index contributed by atoms with van der Waals surface area (Å²) in [6, 6.07) is 1.63. The van der Waals surface area contributed by atoms with Crippen molar-refractivity contribution in [3.8, 4) is 0 Å². The number of carbonyl (C=O) groups is 1. The van der Waals surface area contributed by atoms with Gasteiger partial charge >= 0.3 is 11.8 Å². The van der Waals surface area contributed by atoms with Crippen LogP contribution in [0.3, 0.4) is 0 Å². The van der Waals surface area contributed by atoms with E-state index in [0.29, 0.717) is 30.9 Å². The van der Waals surface area contributed by atoms with Crippen molar-refractivity contribution in [2.24, 2.45) is 0 Å². The van der Waals surface area contributed by atoms with E-state index in [9.17, 15) is 14.9 Å². The fourth-order valence-corrected chi connectivity index (χ4v) is 2.85. The predicted molar refractivity (Wildman–Crippen MR) is 90.6 cm³/mol. The minimum absolute atomic E-state index is 0.134. The predicted octanol–water partition coefficient (Wildman–Crippen LogP) is 3.06. The second-order valence-electron chi connectivity index (χ2n) is 6.82. The fourth-order valence-electron chi connectivity index (χ4n) is 2.55. The van der Waals surface area contributed by atoms with Gasteiger partial charge in [0.1, 0.15) is 11.8 Å². The van der Waals surface area contributed by atoms with Gasteiger partial charge in [0, 0.05) is 24.2 Å². The van der Waals surface area contributed by atoms with Gasteiger partial charge in [0.25, 0.3) is 0 Å². The average molecular weight is 357 g/mol. The molecule has 2 heterocycles. The van der Waals surface area contributed by atoms with Gasteiger partial charge in [-0.1, -0.05) is 11.6 Å². The third-order valence-electron chi connectivity index (χ3n) is 3.48. The molecule has 1 aromatic rings. The summed E-state index contributed by atoms with van der Waals surface area (Å²) >= 11 is 5.93. The van der Waals surface area contributed by atoms with Crippen LogP contribution in [-0.2, 0) is 4.74 Å². The van der Waals surface area contributed by atoms with Crippen LogP contribution in [0.4, 0.5) is 16.2 Å². The lowest BCUT2D eigenvalue weighted by molar-refractivity contribution is -0.384. The van der Waals surface area contributed by atoms with E-state index in [1.807, 2.05) is 20.8 Å². The van der Waals surface area contributed by atoms with Crippen molar-refractivity contribution in [3.05, 3.63) is 27.0 Å². The van der Waals surface area contributed by atoms with Gasteiger partial charge in [0.2, 0.25) is 5.15 Å². The van der Waals surface area contributed by atoms with E-state index in [-0.39, 0.29) is 22.5 Å². The molecule has 132 valence electrons. The molecule has 1 aliphatic heterocycles. The van der Waals surface area contributed by atoms with Gasteiger partial charge in [-0.15, -0.1) is 0 Å². The highest BCUT2D eigenvalue weighted by Crippen LogP contribution is 2.36. The van der Waals surface area contributed by atoms with Crippen molar-refractivity contribution in [2.75, 3.05) is 18.0 Å². The highest BCUT2D eigenvalue weighted by molar-refractivity contribution is 6.32. The van der Waals surface area contributed by atoms with Crippen molar-refractivity contribution in [3.63, 3.8) is 0 Å². The zero-order valence-corrected chi connectivity index (χ0v) is 14.9. The van der Waals surface area contributed by atoms with E-state index in [4.69, 9.17) is 16.3 Å². The first-order valence-electron chi connectivity index (χ1n) is 7.62. The topological polar surface area (TPSA) is 97.6 Å². The Hall–Kier alpha value is -2.09. The number of pyridine rings is 1. The number of nitrogens with one attached hydrogen (secondary N) is 1. The highest BCUT2D eigenvalue weighted by atomic mass is 35.5. The molecule has 0 radical (unpaired) electrons. The number of nitro groups is 1. The molecule has 1 unspecified atom stereocenters. The number of ether oxygens (including phenoxy) is 1. The maximum absolute atomic E-state index is 11.9. The summed E-state index contributed by atoms with van der Waals surface area (Å²) in [6.45, 7) is 8.22. The number of rotatable bonds is 3. The summed E-state index contributed by atoms with van der Waals surface area (Å²) in [5, 5.41) is 13.9. The number of aromatic nitrogens is 1. The number of amides is 1. The molecule has 1 aliphatic rings. The summed E-state index contributed by atoms with van der Waals surface area (Å²) < 4.78 is 5.39. The summed E-state index contributed by atoms with van der Waals surface area (Å²) in [6.07, 6.45) is -0.236. The first-order chi connectivity index (χ1) is 11.1. The number of hydrogen-bond donors (Lipinski definition) is 1. The quantitative estimate of drug-likeness (QED) is 0.507. The maximum atomic E-state index is 11.9. The van der Waals surface area contributed by atoms with E-state index in [1.54, 1.807) is 17.9 Å². The minimum atomic E-state index is -0.537. The van der Waals surface area contributed by atoms with Crippen molar-refractivity contribution < 1.29 is 14.5 Å². The van der Waals surface area contributed by atoms with E-state index in [1.165, 1.54) is 0 Å². The average Bonchev–Trinajstić information content (AvgIpc) is 2.82. The normalized spacial score (nSPS) is 17.7. The van der Waals surface area contributed by atoms with Crippen LogP contribution in [0.15, 0.2) is 6.07 Å². The summed E-state index contributed by atoms with van der Waals surface area (Å²) in [4.78, 5) is 28.3. The Labute approximate surface area is 145 Å². The van der Waals surface area contributed by atoms with Crippen LogP contribution in [0.25, 0.3) is 0 Å². The van der Waals surface area contributed by atoms with Crippen LogP contribution in [0.5, 0.6) is 0 Å². The molecule has 0 saturated carbocycles. The molecule has 1 fully saturated rings. The molecular weight excluding hydrogens is 336 g/mol. The molecular formula is C15H21ClN4O4. The summed E-state index contributed by atoms with van der Waals surface area (Å²) in [5.41, 5.74) is 0.390. The molecule has 1 N–H and O–H groups in total. The Morgan fingerprint density at radius 2 is 2.21 bits per heavy atom. The number of aryl methyl sites for hydroxylation is 1. The second kappa shape index (κ2) is 6.80. The Morgan fingerprint density at radius 1 is 1.54 bits per heavy atom. The summed E-state index contributed by atoms with van der Waals surface area (Å²) in [7, 11) is 0. The van der Waals surface area contributed by atoms with Crippen LogP contribution in [0, 0.1) is 17.0 Å². The Kier molecular flexibility index (Phi) is 5.17. The standard InChI is InChI=1S/C15H21ClN4O4/c1-9-7-11(12(20(22)23)13(16)17-9)19-6-5-10(8-19)24-14(21)18-15(2,3)4/h7,10H,5-6,8H2,1-4H3,(H,18,21). The van der Waals surface area contributed by atoms with Gasteiger partial charge < -0.3 is 15.0 Å². The lowest BCUT2D eigenvalue weighted by Crippen LogP contribution is -2.42. The lowest BCUT2D eigenvalue weighted by atomic mass is 10.1.